The fraction of sp³-hybridized carbons (Fsp3) is 0.118. The third-order valence-electron chi connectivity index (χ3n) is 3.09. The maximum Gasteiger partial charge on any atom is 0.340 e. The number of rotatable bonds is 5. The molecule has 0 bridgehead atoms. The zero-order valence-electron chi connectivity index (χ0n) is 13.0. The Morgan fingerprint density at radius 2 is 1.84 bits per heavy atom. The van der Waals surface area contributed by atoms with Crippen molar-refractivity contribution in [3.8, 4) is 5.75 Å². The average Bonchev–Trinajstić information content (AvgIpc) is 2.59. The molecule has 0 aromatic heterocycles. The molecule has 2 amide bonds. The molecule has 0 spiro atoms. The number of carbonyl (C=O) groups excluding carboxylic acids is 3. The minimum absolute atomic E-state index is 0.0908. The van der Waals surface area contributed by atoms with Gasteiger partial charge in [-0.25, -0.2) is 9.18 Å². The van der Waals surface area contributed by atoms with Crippen LogP contribution in [-0.2, 0) is 9.53 Å². The van der Waals surface area contributed by atoms with E-state index in [1.165, 1.54) is 13.2 Å². The molecule has 130 valence electrons. The van der Waals surface area contributed by atoms with Gasteiger partial charge in [0.15, 0.2) is 6.61 Å². The highest BCUT2D eigenvalue weighted by atomic mass is 35.5. The van der Waals surface area contributed by atoms with Crippen molar-refractivity contribution in [3.63, 3.8) is 0 Å². The topological polar surface area (TPSA) is 81.7 Å². The van der Waals surface area contributed by atoms with Gasteiger partial charge in [0.2, 0.25) is 0 Å². The van der Waals surface area contributed by atoms with Crippen LogP contribution >= 0.6 is 11.6 Å². The molecule has 0 aliphatic carbocycles. The van der Waals surface area contributed by atoms with Gasteiger partial charge in [0.05, 0.1) is 23.3 Å². The highest BCUT2D eigenvalue weighted by Gasteiger charge is 2.17. The first-order valence-electron chi connectivity index (χ1n) is 7.01. The summed E-state index contributed by atoms with van der Waals surface area (Å²) in [6.45, 7) is -0.701. The van der Waals surface area contributed by atoms with Gasteiger partial charge in [-0.3, -0.25) is 14.9 Å². The number of methoxy groups -OCH3 is 1. The number of hydrogen-bond donors (Lipinski definition) is 1. The molecule has 0 atom stereocenters. The molecule has 0 aliphatic heterocycles. The van der Waals surface area contributed by atoms with E-state index >= 15 is 0 Å². The Labute approximate surface area is 147 Å². The third kappa shape index (κ3) is 4.77. The van der Waals surface area contributed by atoms with Gasteiger partial charge in [-0.05, 0) is 30.3 Å². The Bertz CT molecular complexity index is 824. The predicted octanol–water partition coefficient (Wildman–Crippen LogP) is 2.60. The van der Waals surface area contributed by atoms with Crippen LogP contribution in [0.1, 0.15) is 20.7 Å². The molecular formula is C17H13ClFNO5. The van der Waals surface area contributed by atoms with Crippen LogP contribution in [0.2, 0.25) is 5.02 Å². The molecular weight excluding hydrogens is 353 g/mol. The van der Waals surface area contributed by atoms with Gasteiger partial charge in [-0.2, -0.15) is 0 Å². The van der Waals surface area contributed by atoms with Crippen LogP contribution < -0.4 is 10.1 Å². The lowest BCUT2D eigenvalue weighted by Crippen LogP contribution is -2.34. The van der Waals surface area contributed by atoms with Crippen LogP contribution in [0.25, 0.3) is 0 Å². The first-order valence-corrected chi connectivity index (χ1v) is 7.39. The fourth-order valence-electron chi connectivity index (χ4n) is 1.93. The van der Waals surface area contributed by atoms with Gasteiger partial charge in [-0.15, -0.1) is 0 Å². The van der Waals surface area contributed by atoms with Crippen molar-refractivity contribution in [2.24, 2.45) is 0 Å². The van der Waals surface area contributed by atoms with Crippen LogP contribution in [-0.4, -0.2) is 31.5 Å². The quantitative estimate of drug-likeness (QED) is 0.824. The van der Waals surface area contributed by atoms with Gasteiger partial charge in [0.25, 0.3) is 11.8 Å². The third-order valence-corrected chi connectivity index (χ3v) is 3.40. The minimum atomic E-state index is -0.912. The number of ether oxygens (including phenoxy) is 2. The van der Waals surface area contributed by atoms with Crippen LogP contribution in [0.4, 0.5) is 4.39 Å². The molecule has 0 saturated heterocycles. The summed E-state index contributed by atoms with van der Waals surface area (Å²) in [6, 6.07) is 9.45. The van der Waals surface area contributed by atoms with Gasteiger partial charge < -0.3 is 9.47 Å². The molecule has 0 saturated carbocycles. The Morgan fingerprint density at radius 1 is 1.12 bits per heavy atom. The molecule has 2 rings (SSSR count). The smallest absolute Gasteiger partial charge is 0.340 e. The second-order valence-corrected chi connectivity index (χ2v) is 5.19. The van der Waals surface area contributed by atoms with Crippen LogP contribution in [0.3, 0.4) is 0 Å². The van der Waals surface area contributed by atoms with Crippen LogP contribution in [0, 0.1) is 5.82 Å². The van der Waals surface area contributed by atoms with E-state index in [9.17, 15) is 18.8 Å². The Hall–Kier alpha value is -2.93. The van der Waals surface area contributed by atoms with E-state index in [1.807, 2.05) is 0 Å². The van der Waals surface area contributed by atoms with E-state index in [2.05, 4.69) is 5.32 Å². The largest absolute Gasteiger partial charge is 0.496 e. The van der Waals surface area contributed by atoms with Crippen molar-refractivity contribution in [1.29, 1.82) is 0 Å². The second-order valence-electron chi connectivity index (χ2n) is 4.78. The number of amides is 2. The lowest BCUT2D eigenvalue weighted by molar-refractivity contribution is -0.123. The highest BCUT2D eigenvalue weighted by molar-refractivity contribution is 6.33. The van der Waals surface area contributed by atoms with Gasteiger partial charge in [-0.1, -0.05) is 23.7 Å². The number of imide groups is 1. The van der Waals surface area contributed by atoms with Crippen LogP contribution in [0.5, 0.6) is 5.75 Å². The molecule has 0 aliphatic rings. The monoisotopic (exact) mass is 365 g/mol. The summed E-state index contributed by atoms with van der Waals surface area (Å²) in [6.07, 6.45) is 0. The number of benzene rings is 2. The van der Waals surface area contributed by atoms with E-state index in [0.717, 1.165) is 18.2 Å². The Kier molecular flexibility index (Phi) is 6.08. The highest BCUT2D eigenvalue weighted by Crippen LogP contribution is 2.18. The molecule has 1 N–H and O–H groups in total. The van der Waals surface area contributed by atoms with E-state index in [4.69, 9.17) is 21.1 Å². The Balaban J connectivity index is 1.94. The van der Waals surface area contributed by atoms with E-state index in [0.29, 0.717) is 5.75 Å². The normalized spacial score (nSPS) is 10.0. The maximum absolute atomic E-state index is 12.9. The number of para-hydroxylation sites is 1. The molecule has 8 heteroatoms. The summed E-state index contributed by atoms with van der Waals surface area (Å²) in [4.78, 5) is 35.6. The summed E-state index contributed by atoms with van der Waals surface area (Å²) in [5.74, 6) is -2.75. The lowest BCUT2D eigenvalue weighted by Gasteiger charge is -2.09. The van der Waals surface area contributed by atoms with Crippen molar-refractivity contribution < 1.29 is 28.2 Å². The average molecular weight is 366 g/mol. The van der Waals surface area contributed by atoms with Gasteiger partial charge >= 0.3 is 5.97 Å². The molecule has 2 aromatic carbocycles. The molecule has 2 aromatic rings. The van der Waals surface area contributed by atoms with Crippen molar-refractivity contribution >= 4 is 29.4 Å². The first-order chi connectivity index (χ1) is 11.9. The SMILES string of the molecule is COc1ccccc1C(=O)NC(=O)COC(=O)c1ccc(F)cc1Cl. The minimum Gasteiger partial charge on any atom is -0.496 e. The predicted molar refractivity (Wildman–Crippen MR) is 87.2 cm³/mol. The number of nitrogens with one attached hydrogen (secondary N) is 1. The molecule has 0 unspecified atom stereocenters. The van der Waals surface area contributed by atoms with Gasteiger partial charge in [0, 0.05) is 0 Å². The van der Waals surface area contributed by atoms with E-state index in [-0.39, 0.29) is 16.1 Å². The van der Waals surface area contributed by atoms with Crippen molar-refractivity contribution in [2.75, 3.05) is 13.7 Å². The molecule has 0 fully saturated rings. The zero-order chi connectivity index (χ0) is 18.4. The van der Waals surface area contributed by atoms with Gasteiger partial charge in [0.1, 0.15) is 11.6 Å². The zero-order valence-corrected chi connectivity index (χ0v) is 13.8. The Morgan fingerprint density at radius 3 is 2.52 bits per heavy atom. The van der Waals surface area contributed by atoms with Crippen molar-refractivity contribution in [3.05, 3.63) is 64.4 Å². The standard InChI is InChI=1S/C17H13ClFNO5/c1-24-14-5-3-2-4-12(14)16(22)20-15(21)9-25-17(23)11-7-6-10(19)8-13(11)18/h2-8H,9H2,1H3,(H,20,21,22). The van der Waals surface area contributed by atoms with E-state index in [1.54, 1.807) is 18.2 Å². The summed E-state index contributed by atoms with van der Waals surface area (Å²) in [5.41, 5.74) is 0.0678. The fourth-order valence-corrected chi connectivity index (χ4v) is 2.17. The summed E-state index contributed by atoms with van der Waals surface area (Å²) in [7, 11) is 1.39. The molecule has 6 nitrogen and oxygen atoms in total. The maximum atomic E-state index is 12.9. The van der Waals surface area contributed by atoms with Crippen LogP contribution in [0.15, 0.2) is 42.5 Å². The number of carbonyl (C=O) groups is 3. The van der Waals surface area contributed by atoms with Crippen molar-refractivity contribution in [1.82, 2.24) is 5.32 Å². The van der Waals surface area contributed by atoms with E-state index < -0.39 is 30.2 Å². The summed E-state index contributed by atoms with van der Waals surface area (Å²) in [5, 5.41) is 1.93. The summed E-state index contributed by atoms with van der Waals surface area (Å²) >= 11 is 5.73. The number of hydrogen-bond acceptors (Lipinski definition) is 5. The molecule has 0 heterocycles. The molecule has 0 radical (unpaired) electrons. The molecule has 25 heavy (non-hydrogen) atoms. The summed E-state index contributed by atoms with van der Waals surface area (Å²) < 4.78 is 22.7. The lowest BCUT2D eigenvalue weighted by atomic mass is 10.2. The van der Waals surface area contributed by atoms with Crippen molar-refractivity contribution in [2.45, 2.75) is 0 Å². The second kappa shape index (κ2) is 8.25. The number of halogens is 2. The first kappa shape index (κ1) is 18.4. The number of esters is 1.